The largest absolute Gasteiger partial charge is 0.375 e. The minimum Gasteiger partial charge on any atom is -0.375 e. The lowest BCUT2D eigenvalue weighted by molar-refractivity contribution is -0.122. The first-order valence-electron chi connectivity index (χ1n) is 8.22. The van der Waals surface area contributed by atoms with Crippen molar-refractivity contribution < 1.29 is 9.53 Å². The molecular formula is C21H21NO2S. The molecule has 0 aliphatic carbocycles. The highest BCUT2D eigenvalue weighted by atomic mass is 32.1. The van der Waals surface area contributed by atoms with Gasteiger partial charge in [0.25, 0.3) is 0 Å². The Labute approximate surface area is 152 Å². The van der Waals surface area contributed by atoms with Gasteiger partial charge in [0.2, 0.25) is 5.91 Å². The molecule has 0 bridgehead atoms. The van der Waals surface area contributed by atoms with Crippen LogP contribution in [0.5, 0.6) is 0 Å². The number of hydrogen-bond acceptors (Lipinski definition) is 3. The van der Waals surface area contributed by atoms with E-state index in [1.54, 1.807) is 18.4 Å². The number of hydrogen-bond donors (Lipinski definition) is 1. The topological polar surface area (TPSA) is 38.3 Å². The summed E-state index contributed by atoms with van der Waals surface area (Å²) in [4.78, 5) is 13.0. The summed E-state index contributed by atoms with van der Waals surface area (Å²) in [5, 5.41) is 7.12. The van der Waals surface area contributed by atoms with Crippen LogP contribution in [0.4, 0.5) is 0 Å². The Hall–Kier alpha value is -2.43. The summed E-state index contributed by atoms with van der Waals surface area (Å²) in [5.41, 5.74) is 3.05. The molecule has 25 heavy (non-hydrogen) atoms. The Balaban J connectivity index is 1.78. The van der Waals surface area contributed by atoms with Gasteiger partial charge in [-0.15, -0.1) is 0 Å². The summed E-state index contributed by atoms with van der Waals surface area (Å²) in [6, 6.07) is 21.7. The predicted octanol–water partition coefficient (Wildman–Crippen LogP) is 4.38. The van der Waals surface area contributed by atoms with Crippen LogP contribution in [0.15, 0.2) is 77.5 Å². The maximum Gasteiger partial charge on any atom is 0.232 e. The Morgan fingerprint density at radius 1 is 0.960 bits per heavy atom. The number of ether oxygens (including phenoxy) is 1. The van der Waals surface area contributed by atoms with Gasteiger partial charge in [0.1, 0.15) is 6.10 Å². The number of thiophene rings is 1. The fourth-order valence-electron chi connectivity index (χ4n) is 2.88. The zero-order valence-corrected chi connectivity index (χ0v) is 14.9. The molecule has 3 nitrogen and oxygen atoms in total. The summed E-state index contributed by atoms with van der Waals surface area (Å²) < 4.78 is 5.53. The normalized spacial score (nSPS) is 12.1. The first-order valence-corrected chi connectivity index (χ1v) is 9.16. The number of nitrogens with one attached hydrogen (secondary N) is 1. The molecule has 128 valence electrons. The zero-order valence-electron chi connectivity index (χ0n) is 14.1. The lowest BCUT2D eigenvalue weighted by Crippen LogP contribution is -2.33. The third-order valence-corrected chi connectivity index (χ3v) is 4.89. The van der Waals surface area contributed by atoms with E-state index in [-0.39, 0.29) is 17.9 Å². The second kappa shape index (κ2) is 8.60. The van der Waals surface area contributed by atoms with Crippen LogP contribution in [0.25, 0.3) is 0 Å². The smallest absolute Gasteiger partial charge is 0.232 e. The van der Waals surface area contributed by atoms with Crippen LogP contribution in [-0.4, -0.2) is 19.6 Å². The number of carbonyl (C=O) groups excluding carboxylic acids is 1. The van der Waals surface area contributed by atoms with Gasteiger partial charge in [-0.1, -0.05) is 60.7 Å². The molecule has 0 aliphatic rings. The molecule has 0 saturated heterocycles. The van der Waals surface area contributed by atoms with Gasteiger partial charge < -0.3 is 10.1 Å². The summed E-state index contributed by atoms with van der Waals surface area (Å²) in [6.45, 7) is 0.447. The van der Waals surface area contributed by atoms with Gasteiger partial charge in [0.15, 0.2) is 0 Å². The van der Waals surface area contributed by atoms with Gasteiger partial charge in [0.05, 0.1) is 5.92 Å². The highest BCUT2D eigenvalue weighted by molar-refractivity contribution is 7.07. The molecule has 0 fully saturated rings. The molecule has 1 atom stereocenters. The molecule has 1 unspecified atom stereocenters. The van der Waals surface area contributed by atoms with Crippen LogP contribution in [0.3, 0.4) is 0 Å². The van der Waals surface area contributed by atoms with Crippen LogP contribution >= 0.6 is 11.3 Å². The van der Waals surface area contributed by atoms with E-state index in [0.29, 0.717) is 6.54 Å². The molecule has 1 heterocycles. The third kappa shape index (κ3) is 4.35. The molecule has 0 radical (unpaired) electrons. The summed E-state index contributed by atoms with van der Waals surface area (Å²) >= 11 is 1.62. The Bertz CT molecular complexity index is 733. The maximum atomic E-state index is 13.0. The summed E-state index contributed by atoms with van der Waals surface area (Å²) in [7, 11) is 1.67. The highest BCUT2D eigenvalue weighted by Crippen LogP contribution is 2.25. The van der Waals surface area contributed by atoms with Crippen molar-refractivity contribution in [2.75, 3.05) is 13.7 Å². The van der Waals surface area contributed by atoms with E-state index in [1.165, 1.54) is 0 Å². The molecule has 2 aromatic carbocycles. The van der Waals surface area contributed by atoms with E-state index in [0.717, 1.165) is 16.7 Å². The second-order valence-corrected chi connectivity index (χ2v) is 6.56. The molecule has 0 saturated carbocycles. The van der Waals surface area contributed by atoms with Gasteiger partial charge in [-0.2, -0.15) is 11.3 Å². The van der Waals surface area contributed by atoms with Crippen molar-refractivity contribution in [3.05, 3.63) is 94.2 Å². The summed E-state index contributed by atoms with van der Waals surface area (Å²) in [5.74, 6) is -0.350. The van der Waals surface area contributed by atoms with Crippen molar-refractivity contribution in [1.82, 2.24) is 5.32 Å². The molecule has 3 aromatic rings. The Kier molecular flexibility index (Phi) is 5.99. The van der Waals surface area contributed by atoms with E-state index >= 15 is 0 Å². The highest BCUT2D eigenvalue weighted by Gasteiger charge is 2.23. The number of methoxy groups -OCH3 is 1. The average Bonchev–Trinajstić information content (AvgIpc) is 3.19. The van der Waals surface area contributed by atoms with Gasteiger partial charge >= 0.3 is 0 Å². The Morgan fingerprint density at radius 2 is 1.56 bits per heavy atom. The van der Waals surface area contributed by atoms with Crippen molar-refractivity contribution in [3.8, 4) is 0 Å². The van der Waals surface area contributed by atoms with Gasteiger partial charge in [-0.05, 0) is 33.5 Å². The van der Waals surface area contributed by atoms with Crippen molar-refractivity contribution >= 4 is 17.2 Å². The molecule has 1 N–H and O–H groups in total. The van der Waals surface area contributed by atoms with Gasteiger partial charge in [-0.25, -0.2) is 0 Å². The summed E-state index contributed by atoms with van der Waals surface area (Å²) in [6.07, 6.45) is -0.137. The van der Waals surface area contributed by atoms with E-state index in [2.05, 4.69) is 5.32 Å². The molecular weight excluding hydrogens is 330 g/mol. The number of rotatable bonds is 7. The van der Waals surface area contributed by atoms with Crippen LogP contribution in [0.1, 0.15) is 28.7 Å². The third-order valence-electron chi connectivity index (χ3n) is 4.19. The zero-order chi connectivity index (χ0) is 17.5. The fourth-order valence-corrected chi connectivity index (χ4v) is 3.58. The minimum atomic E-state index is -0.331. The lowest BCUT2D eigenvalue weighted by atomic mass is 9.90. The number of benzene rings is 2. The quantitative estimate of drug-likeness (QED) is 0.686. The standard InChI is InChI=1S/C21H21NO2S/c1-24-19(18-12-13-25-15-18)14-22-21(23)20(16-8-4-2-5-9-16)17-10-6-3-7-11-17/h2-13,15,19-20H,14H2,1H3,(H,22,23). The first kappa shape index (κ1) is 17.4. The lowest BCUT2D eigenvalue weighted by Gasteiger charge is -2.20. The van der Waals surface area contributed by atoms with Crippen LogP contribution in [-0.2, 0) is 9.53 Å². The second-order valence-electron chi connectivity index (χ2n) is 5.78. The monoisotopic (exact) mass is 351 g/mol. The average molecular weight is 351 g/mol. The number of amides is 1. The molecule has 4 heteroatoms. The molecule has 0 aliphatic heterocycles. The minimum absolute atomic E-state index is 0.0188. The van der Waals surface area contributed by atoms with Crippen molar-refractivity contribution in [2.45, 2.75) is 12.0 Å². The van der Waals surface area contributed by atoms with E-state index < -0.39 is 0 Å². The van der Waals surface area contributed by atoms with Crippen LogP contribution in [0, 0.1) is 0 Å². The molecule has 1 amide bonds. The van der Waals surface area contributed by atoms with Crippen LogP contribution < -0.4 is 5.32 Å². The van der Waals surface area contributed by atoms with E-state index in [1.807, 2.05) is 77.5 Å². The first-order chi connectivity index (χ1) is 12.3. The van der Waals surface area contributed by atoms with Crippen molar-refractivity contribution in [3.63, 3.8) is 0 Å². The van der Waals surface area contributed by atoms with E-state index in [9.17, 15) is 4.79 Å². The number of carbonyl (C=O) groups is 1. The van der Waals surface area contributed by atoms with Gasteiger partial charge in [-0.3, -0.25) is 4.79 Å². The molecule has 3 rings (SSSR count). The fraction of sp³-hybridized carbons (Fsp3) is 0.190. The van der Waals surface area contributed by atoms with Gasteiger partial charge in [0, 0.05) is 13.7 Å². The maximum absolute atomic E-state index is 13.0. The van der Waals surface area contributed by atoms with E-state index in [4.69, 9.17) is 4.74 Å². The molecule has 0 spiro atoms. The SMILES string of the molecule is COC(CNC(=O)C(c1ccccc1)c1ccccc1)c1ccsc1. The van der Waals surface area contributed by atoms with Crippen molar-refractivity contribution in [1.29, 1.82) is 0 Å². The van der Waals surface area contributed by atoms with Crippen molar-refractivity contribution in [2.24, 2.45) is 0 Å². The predicted molar refractivity (Wildman–Crippen MR) is 102 cm³/mol. The molecule has 1 aromatic heterocycles. The Morgan fingerprint density at radius 3 is 2.04 bits per heavy atom. The van der Waals surface area contributed by atoms with Crippen LogP contribution in [0.2, 0.25) is 0 Å².